The number of benzene rings is 2. The van der Waals surface area contributed by atoms with Crippen LogP contribution < -0.4 is 15.2 Å². The van der Waals surface area contributed by atoms with Crippen molar-refractivity contribution in [2.24, 2.45) is 5.73 Å². The average Bonchev–Trinajstić information content (AvgIpc) is 2.78. The Kier molecular flexibility index (Phi) is 4.61. The Labute approximate surface area is 183 Å². The van der Waals surface area contributed by atoms with E-state index in [4.69, 9.17) is 26.8 Å². The van der Waals surface area contributed by atoms with Gasteiger partial charge in [-0.05, 0) is 37.3 Å². The van der Waals surface area contributed by atoms with Crippen LogP contribution in [0, 0.1) is 11.3 Å². The molecule has 2 aromatic carbocycles. The molecule has 31 heavy (non-hydrogen) atoms. The third-order valence-electron chi connectivity index (χ3n) is 5.35. The second kappa shape index (κ2) is 7.46. The second-order valence-electron chi connectivity index (χ2n) is 7.14. The molecule has 7 heteroatoms. The fourth-order valence-electron chi connectivity index (χ4n) is 3.98. The van der Waals surface area contributed by atoms with Gasteiger partial charge in [0.1, 0.15) is 28.1 Å². The molecule has 0 unspecified atom stereocenters. The van der Waals surface area contributed by atoms with Crippen molar-refractivity contribution in [3.05, 3.63) is 82.5 Å². The molecule has 0 aliphatic carbocycles. The van der Waals surface area contributed by atoms with Crippen molar-refractivity contribution in [3.8, 4) is 17.6 Å². The lowest BCUT2D eigenvalue weighted by Gasteiger charge is -2.27. The number of nitrogens with zero attached hydrogens (tertiary/aromatic N) is 3. The number of halogens is 1. The summed E-state index contributed by atoms with van der Waals surface area (Å²) in [7, 11) is 0. The minimum Gasteiger partial charge on any atom is -0.494 e. The monoisotopic (exact) mass is 428 g/mol. The summed E-state index contributed by atoms with van der Waals surface area (Å²) in [5.74, 6) is 0.778. The van der Waals surface area contributed by atoms with Crippen molar-refractivity contribution in [2.75, 3.05) is 6.61 Å². The molecular formula is C24H17ClN4O2. The van der Waals surface area contributed by atoms with Gasteiger partial charge in [0.2, 0.25) is 5.88 Å². The zero-order chi connectivity index (χ0) is 21.5. The van der Waals surface area contributed by atoms with Crippen LogP contribution >= 0.6 is 11.6 Å². The highest BCUT2D eigenvalue weighted by atomic mass is 35.5. The molecule has 0 fully saturated rings. The largest absolute Gasteiger partial charge is 0.494 e. The first-order valence-corrected chi connectivity index (χ1v) is 10.2. The lowest BCUT2D eigenvalue weighted by Crippen LogP contribution is -2.21. The predicted octanol–water partition coefficient (Wildman–Crippen LogP) is 5.05. The lowest BCUT2D eigenvalue weighted by molar-refractivity contribution is 0.340. The van der Waals surface area contributed by atoms with E-state index in [2.05, 4.69) is 16.0 Å². The van der Waals surface area contributed by atoms with E-state index in [9.17, 15) is 5.26 Å². The molecular weight excluding hydrogens is 412 g/mol. The van der Waals surface area contributed by atoms with Gasteiger partial charge in [-0.1, -0.05) is 29.8 Å². The molecule has 3 heterocycles. The topological polar surface area (TPSA) is 94.0 Å². The molecule has 2 N–H and O–H groups in total. The summed E-state index contributed by atoms with van der Waals surface area (Å²) >= 11 is 6.62. The summed E-state index contributed by atoms with van der Waals surface area (Å²) in [6.45, 7) is 2.49. The summed E-state index contributed by atoms with van der Waals surface area (Å²) in [6.07, 6.45) is 1.69. The Bertz CT molecular complexity index is 1420. The number of hydrogen-bond donors (Lipinski definition) is 1. The normalized spacial score (nSPS) is 15.5. The number of nitrogens with two attached hydrogens (primary N) is 1. The molecule has 0 saturated heterocycles. The van der Waals surface area contributed by atoms with E-state index in [1.165, 1.54) is 0 Å². The lowest BCUT2D eigenvalue weighted by atomic mass is 9.83. The molecule has 6 nitrogen and oxygen atoms in total. The minimum atomic E-state index is -0.527. The van der Waals surface area contributed by atoms with E-state index >= 15 is 0 Å². The van der Waals surface area contributed by atoms with Crippen molar-refractivity contribution in [3.63, 3.8) is 0 Å². The molecule has 1 aliphatic rings. The van der Waals surface area contributed by atoms with Crippen LogP contribution in [0.2, 0.25) is 5.15 Å². The van der Waals surface area contributed by atoms with Crippen LogP contribution in [-0.2, 0) is 0 Å². The van der Waals surface area contributed by atoms with Crippen LogP contribution in [0.5, 0.6) is 11.5 Å². The van der Waals surface area contributed by atoms with Crippen LogP contribution in [0.1, 0.15) is 24.0 Å². The number of nitriles is 1. The Morgan fingerprint density at radius 2 is 2.03 bits per heavy atom. The molecule has 0 saturated carbocycles. The predicted molar refractivity (Wildman–Crippen MR) is 119 cm³/mol. The van der Waals surface area contributed by atoms with E-state index in [1.807, 2.05) is 55.5 Å². The van der Waals surface area contributed by atoms with Crippen LogP contribution in [0.15, 0.2) is 66.2 Å². The molecule has 4 aromatic rings. The Morgan fingerprint density at radius 1 is 1.16 bits per heavy atom. The van der Waals surface area contributed by atoms with Crippen LogP contribution in [0.4, 0.5) is 0 Å². The smallest absolute Gasteiger partial charge is 0.205 e. The van der Waals surface area contributed by atoms with E-state index in [1.54, 1.807) is 6.20 Å². The van der Waals surface area contributed by atoms with Crippen molar-refractivity contribution in [1.82, 2.24) is 9.97 Å². The fraction of sp³-hybridized carbons (Fsp3) is 0.125. The molecule has 1 aliphatic heterocycles. The molecule has 152 valence electrons. The number of fused-ring (bicyclic) bond motifs is 4. The number of hydrogen-bond acceptors (Lipinski definition) is 6. The molecule has 1 atom stereocenters. The zero-order valence-corrected chi connectivity index (χ0v) is 17.3. The molecule has 5 rings (SSSR count). The number of allylic oxidation sites excluding steroid dienone is 1. The number of aromatic nitrogens is 2. The first-order valence-electron chi connectivity index (χ1n) is 9.79. The summed E-state index contributed by atoms with van der Waals surface area (Å²) in [5.41, 5.74) is 9.30. The van der Waals surface area contributed by atoms with Crippen LogP contribution in [-0.4, -0.2) is 16.6 Å². The van der Waals surface area contributed by atoms with E-state index in [0.29, 0.717) is 28.6 Å². The maximum Gasteiger partial charge on any atom is 0.205 e. The Morgan fingerprint density at radius 3 is 2.84 bits per heavy atom. The quantitative estimate of drug-likeness (QED) is 0.459. The van der Waals surface area contributed by atoms with Crippen molar-refractivity contribution >= 4 is 33.4 Å². The fourth-order valence-corrected chi connectivity index (χ4v) is 4.23. The maximum absolute atomic E-state index is 9.88. The number of ether oxygens (including phenoxy) is 2. The summed E-state index contributed by atoms with van der Waals surface area (Å²) < 4.78 is 11.5. The second-order valence-corrected chi connectivity index (χ2v) is 7.50. The summed E-state index contributed by atoms with van der Waals surface area (Å²) in [4.78, 5) is 9.02. The minimum absolute atomic E-state index is 0.0392. The van der Waals surface area contributed by atoms with Gasteiger partial charge >= 0.3 is 0 Å². The number of rotatable bonds is 3. The standard InChI is InChI=1S/C24H17ClN4O2/c1-2-30-15-6-8-19-14(10-15)11-17(23(25)29-19)20-16-7-5-13-4-3-9-28-21(13)22(16)31-24(27)18(20)12-26/h3-11,20H,2,27H2,1H3/t20-/m0/s1. The van der Waals surface area contributed by atoms with Crippen LogP contribution in [0.3, 0.4) is 0 Å². The Balaban J connectivity index is 1.77. The van der Waals surface area contributed by atoms with Crippen molar-refractivity contribution in [2.45, 2.75) is 12.8 Å². The van der Waals surface area contributed by atoms with Gasteiger partial charge in [0, 0.05) is 28.1 Å². The van der Waals surface area contributed by atoms with Gasteiger partial charge in [-0.25, -0.2) is 4.98 Å². The first-order chi connectivity index (χ1) is 15.1. The van der Waals surface area contributed by atoms with Crippen LogP contribution in [0.25, 0.3) is 21.8 Å². The van der Waals surface area contributed by atoms with Gasteiger partial charge in [0.05, 0.1) is 18.0 Å². The molecule has 0 bridgehead atoms. The van der Waals surface area contributed by atoms with E-state index < -0.39 is 5.92 Å². The molecule has 0 spiro atoms. The van der Waals surface area contributed by atoms with Gasteiger partial charge in [0.25, 0.3) is 0 Å². The van der Waals surface area contributed by atoms with Gasteiger partial charge in [-0.2, -0.15) is 5.26 Å². The molecule has 0 amide bonds. The van der Waals surface area contributed by atoms with Gasteiger partial charge in [-0.15, -0.1) is 0 Å². The van der Waals surface area contributed by atoms with Crippen molar-refractivity contribution < 1.29 is 9.47 Å². The average molecular weight is 429 g/mol. The van der Waals surface area contributed by atoms with E-state index in [0.717, 1.165) is 27.6 Å². The Hall–Kier alpha value is -3.82. The third kappa shape index (κ3) is 3.11. The summed E-state index contributed by atoms with van der Waals surface area (Å²) in [6, 6.07) is 17.4. The highest BCUT2D eigenvalue weighted by molar-refractivity contribution is 6.30. The molecule has 0 radical (unpaired) electrons. The summed E-state index contributed by atoms with van der Waals surface area (Å²) in [5, 5.41) is 12.0. The zero-order valence-electron chi connectivity index (χ0n) is 16.6. The van der Waals surface area contributed by atoms with Gasteiger partial charge in [-0.3, -0.25) is 4.98 Å². The highest BCUT2D eigenvalue weighted by Gasteiger charge is 2.34. The van der Waals surface area contributed by atoms with Gasteiger partial charge in [0.15, 0.2) is 5.75 Å². The third-order valence-corrected chi connectivity index (χ3v) is 5.65. The van der Waals surface area contributed by atoms with Gasteiger partial charge < -0.3 is 15.2 Å². The van der Waals surface area contributed by atoms with Crippen molar-refractivity contribution in [1.29, 1.82) is 5.26 Å². The molecule has 2 aromatic heterocycles. The maximum atomic E-state index is 9.88. The SMILES string of the molecule is CCOc1ccc2nc(Cl)c([C@H]3C(C#N)=C(N)Oc4c3ccc3cccnc43)cc2c1. The number of pyridine rings is 2. The van der Waals surface area contributed by atoms with E-state index in [-0.39, 0.29) is 11.5 Å². The highest BCUT2D eigenvalue weighted by Crippen LogP contribution is 2.46. The first kappa shape index (κ1) is 19.2.